The van der Waals surface area contributed by atoms with Gasteiger partial charge in [-0.1, -0.05) is 12.1 Å². The van der Waals surface area contributed by atoms with Crippen LogP contribution >= 0.6 is 0 Å². The zero-order valence-electron chi connectivity index (χ0n) is 11.6. The van der Waals surface area contributed by atoms with E-state index in [0.29, 0.717) is 32.5 Å². The first kappa shape index (κ1) is 14.0. The van der Waals surface area contributed by atoms with Crippen LogP contribution in [-0.4, -0.2) is 42.4 Å². The summed E-state index contributed by atoms with van der Waals surface area (Å²) in [7, 11) is 0. The number of carbonyl (C=O) groups is 2. The van der Waals surface area contributed by atoms with Crippen molar-refractivity contribution in [2.45, 2.75) is 24.9 Å². The maximum Gasteiger partial charge on any atom is 0.245 e. The lowest BCUT2D eigenvalue weighted by Gasteiger charge is -2.38. The molecule has 2 aliphatic rings. The largest absolute Gasteiger partial charge is 0.344 e. The molecule has 1 unspecified atom stereocenters. The minimum atomic E-state index is -0.438. The Bertz CT molecular complexity index is 564. The lowest BCUT2D eigenvalue weighted by Crippen LogP contribution is -2.53. The number of nitrogens with zero attached hydrogens (tertiary/aromatic N) is 1. The lowest BCUT2D eigenvalue weighted by atomic mass is 10.0. The van der Waals surface area contributed by atoms with Crippen LogP contribution in [0, 0.1) is 5.82 Å². The average Bonchev–Trinajstić information content (AvgIpc) is 2.93. The van der Waals surface area contributed by atoms with Gasteiger partial charge in [-0.2, -0.15) is 0 Å². The van der Waals surface area contributed by atoms with Crippen LogP contribution in [0.2, 0.25) is 0 Å². The molecule has 2 aliphatic heterocycles. The highest BCUT2D eigenvalue weighted by molar-refractivity contribution is 5.91. The van der Waals surface area contributed by atoms with Crippen LogP contribution in [0.4, 0.5) is 4.39 Å². The molecule has 2 fully saturated rings. The molecule has 2 atom stereocenters. The number of piperazine rings is 1. The molecule has 0 spiro atoms. The van der Waals surface area contributed by atoms with Gasteiger partial charge in [-0.25, -0.2) is 4.39 Å². The van der Waals surface area contributed by atoms with Gasteiger partial charge in [0.2, 0.25) is 11.8 Å². The summed E-state index contributed by atoms with van der Waals surface area (Å²) in [5.74, 6) is -0.456. The summed E-state index contributed by atoms with van der Waals surface area (Å²) in [5, 5.41) is 5.94. The van der Waals surface area contributed by atoms with Gasteiger partial charge in [-0.05, 0) is 24.1 Å². The monoisotopic (exact) mass is 291 g/mol. The Morgan fingerprint density at radius 2 is 2.24 bits per heavy atom. The lowest BCUT2D eigenvalue weighted by molar-refractivity contribution is -0.137. The molecule has 5 nitrogen and oxygen atoms in total. The average molecular weight is 291 g/mol. The third-order valence-electron chi connectivity index (χ3n) is 4.05. The predicted molar refractivity (Wildman–Crippen MR) is 74.9 cm³/mol. The molecule has 1 aromatic carbocycles. The van der Waals surface area contributed by atoms with Crippen LogP contribution in [0.1, 0.15) is 24.4 Å². The maximum absolute atomic E-state index is 13.4. The zero-order chi connectivity index (χ0) is 14.8. The molecule has 2 saturated heterocycles. The molecule has 3 rings (SSSR count). The second-order valence-corrected chi connectivity index (χ2v) is 5.47. The molecule has 0 aliphatic carbocycles. The van der Waals surface area contributed by atoms with Crippen LogP contribution in [-0.2, 0) is 9.59 Å². The van der Waals surface area contributed by atoms with Gasteiger partial charge in [0.1, 0.15) is 11.9 Å². The standard InChI is InChI=1S/C15H18FN3O2/c16-11-3-1-2-10(8-11)13-9-17-6-7-19(13)15(21)12-4-5-14(20)18-12/h1-3,8,12-13,17H,4-7,9H2,(H,18,20)/t12-,13?/m0/s1. The minimum Gasteiger partial charge on any atom is -0.344 e. The van der Waals surface area contributed by atoms with Crippen molar-refractivity contribution in [1.82, 2.24) is 15.5 Å². The Kier molecular flexibility index (Phi) is 3.88. The molecule has 1 aromatic rings. The van der Waals surface area contributed by atoms with Crippen molar-refractivity contribution in [3.8, 4) is 0 Å². The van der Waals surface area contributed by atoms with Gasteiger partial charge < -0.3 is 15.5 Å². The first-order chi connectivity index (χ1) is 10.1. The van der Waals surface area contributed by atoms with E-state index in [2.05, 4.69) is 10.6 Å². The van der Waals surface area contributed by atoms with Crippen LogP contribution in [0.3, 0.4) is 0 Å². The SMILES string of the molecule is O=C1CC[C@@H](C(=O)N2CCNCC2c2cccc(F)c2)N1. The van der Waals surface area contributed by atoms with Crippen molar-refractivity contribution in [2.24, 2.45) is 0 Å². The third-order valence-corrected chi connectivity index (χ3v) is 4.05. The van der Waals surface area contributed by atoms with Crippen molar-refractivity contribution >= 4 is 11.8 Å². The highest BCUT2D eigenvalue weighted by Gasteiger charge is 2.35. The summed E-state index contributed by atoms with van der Waals surface area (Å²) in [6, 6.07) is 5.70. The molecule has 0 bridgehead atoms. The van der Waals surface area contributed by atoms with Crippen LogP contribution in [0.25, 0.3) is 0 Å². The molecular weight excluding hydrogens is 273 g/mol. The number of rotatable bonds is 2. The van der Waals surface area contributed by atoms with Gasteiger partial charge in [0.25, 0.3) is 0 Å². The quantitative estimate of drug-likeness (QED) is 0.838. The molecular formula is C15H18FN3O2. The maximum atomic E-state index is 13.4. The molecule has 112 valence electrons. The van der Waals surface area contributed by atoms with Gasteiger partial charge in [0, 0.05) is 26.1 Å². The van der Waals surface area contributed by atoms with E-state index in [1.165, 1.54) is 12.1 Å². The number of benzene rings is 1. The predicted octanol–water partition coefficient (Wildman–Crippen LogP) is 0.577. The third kappa shape index (κ3) is 2.90. The minimum absolute atomic E-state index is 0.0726. The van der Waals surface area contributed by atoms with E-state index < -0.39 is 6.04 Å². The number of nitrogens with one attached hydrogen (secondary N) is 2. The van der Waals surface area contributed by atoms with E-state index in [9.17, 15) is 14.0 Å². The van der Waals surface area contributed by atoms with Gasteiger partial charge in [-0.3, -0.25) is 9.59 Å². The molecule has 21 heavy (non-hydrogen) atoms. The number of amides is 2. The van der Waals surface area contributed by atoms with E-state index in [1.54, 1.807) is 11.0 Å². The van der Waals surface area contributed by atoms with Gasteiger partial charge in [0.05, 0.1) is 6.04 Å². The highest BCUT2D eigenvalue weighted by Crippen LogP contribution is 2.25. The van der Waals surface area contributed by atoms with Crippen LogP contribution in [0.5, 0.6) is 0 Å². The van der Waals surface area contributed by atoms with Crippen LogP contribution < -0.4 is 10.6 Å². The normalized spacial score (nSPS) is 25.8. The Morgan fingerprint density at radius 3 is 2.95 bits per heavy atom. The number of hydrogen-bond donors (Lipinski definition) is 2. The Balaban J connectivity index is 1.81. The van der Waals surface area contributed by atoms with Gasteiger partial charge in [-0.15, -0.1) is 0 Å². The number of halogens is 1. The fourth-order valence-corrected chi connectivity index (χ4v) is 2.98. The van der Waals surface area contributed by atoms with Crippen molar-refractivity contribution in [2.75, 3.05) is 19.6 Å². The summed E-state index contributed by atoms with van der Waals surface area (Å²) < 4.78 is 13.4. The second-order valence-electron chi connectivity index (χ2n) is 5.47. The Hall–Kier alpha value is -1.95. The van der Waals surface area contributed by atoms with Crippen molar-refractivity contribution in [3.05, 3.63) is 35.6 Å². The van der Waals surface area contributed by atoms with E-state index in [4.69, 9.17) is 0 Å². The van der Waals surface area contributed by atoms with E-state index >= 15 is 0 Å². The van der Waals surface area contributed by atoms with E-state index in [1.807, 2.05) is 6.07 Å². The smallest absolute Gasteiger partial charge is 0.245 e. The Morgan fingerprint density at radius 1 is 1.38 bits per heavy atom. The zero-order valence-corrected chi connectivity index (χ0v) is 11.6. The van der Waals surface area contributed by atoms with Crippen LogP contribution in [0.15, 0.2) is 24.3 Å². The summed E-state index contributed by atoms with van der Waals surface area (Å²) in [6.45, 7) is 1.86. The Labute approximate surface area is 122 Å². The summed E-state index contributed by atoms with van der Waals surface area (Å²) in [4.78, 5) is 25.6. The fourth-order valence-electron chi connectivity index (χ4n) is 2.98. The summed E-state index contributed by atoms with van der Waals surface area (Å²) in [6.07, 6.45) is 0.935. The topological polar surface area (TPSA) is 61.4 Å². The highest BCUT2D eigenvalue weighted by atomic mass is 19.1. The molecule has 2 heterocycles. The molecule has 2 amide bonds. The van der Waals surface area contributed by atoms with Gasteiger partial charge in [0.15, 0.2) is 0 Å². The van der Waals surface area contributed by atoms with Gasteiger partial charge >= 0.3 is 0 Å². The summed E-state index contributed by atoms with van der Waals surface area (Å²) in [5.41, 5.74) is 0.778. The first-order valence-electron chi connectivity index (χ1n) is 7.21. The second kappa shape index (κ2) is 5.81. The van der Waals surface area contributed by atoms with Crippen molar-refractivity contribution in [3.63, 3.8) is 0 Å². The molecule has 0 saturated carbocycles. The summed E-state index contributed by atoms with van der Waals surface area (Å²) >= 11 is 0. The van der Waals surface area contributed by atoms with E-state index in [-0.39, 0.29) is 23.7 Å². The molecule has 0 radical (unpaired) electrons. The van der Waals surface area contributed by atoms with Crippen molar-refractivity contribution < 1.29 is 14.0 Å². The molecule has 6 heteroatoms. The first-order valence-corrected chi connectivity index (χ1v) is 7.21. The van der Waals surface area contributed by atoms with E-state index in [0.717, 1.165) is 5.56 Å². The van der Waals surface area contributed by atoms with Crippen molar-refractivity contribution in [1.29, 1.82) is 0 Å². The molecule has 2 N–H and O–H groups in total. The number of carbonyl (C=O) groups excluding carboxylic acids is 2. The fraction of sp³-hybridized carbons (Fsp3) is 0.467. The number of hydrogen-bond acceptors (Lipinski definition) is 3. The molecule has 0 aromatic heterocycles.